The molecule has 7 heteroatoms. The first-order chi connectivity index (χ1) is 8.98. The van der Waals surface area contributed by atoms with E-state index >= 15 is 0 Å². The van der Waals surface area contributed by atoms with Gasteiger partial charge in [-0.25, -0.2) is 8.42 Å². The van der Waals surface area contributed by atoms with E-state index in [0.717, 1.165) is 12.8 Å². The molecule has 2 heterocycles. The van der Waals surface area contributed by atoms with E-state index in [1.165, 1.54) is 10.4 Å². The highest BCUT2D eigenvalue weighted by atomic mass is 35.5. The molecule has 0 N–H and O–H groups in total. The van der Waals surface area contributed by atoms with Crippen molar-refractivity contribution in [1.82, 2.24) is 4.31 Å². The van der Waals surface area contributed by atoms with Gasteiger partial charge in [-0.2, -0.15) is 4.31 Å². The van der Waals surface area contributed by atoms with Crippen LogP contribution in [0.3, 0.4) is 0 Å². The second-order valence-electron chi connectivity index (χ2n) is 4.63. The van der Waals surface area contributed by atoms with Crippen molar-refractivity contribution in [3.05, 3.63) is 17.6 Å². The molecule has 1 aliphatic rings. The molecule has 1 unspecified atom stereocenters. The first kappa shape index (κ1) is 14.8. The predicted octanol–water partition coefficient (Wildman–Crippen LogP) is 2.13. The Labute approximate surface area is 118 Å². The van der Waals surface area contributed by atoms with E-state index in [-0.39, 0.29) is 16.9 Å². The number of piperidine rings is 1. The number of furan rings is 1. The van der Waals surface area contributed by atoms with Gasteiger partial charge in [0.05, 0.1) is 12.0 Å². The summed E-state index contributed by atoms with van der Waals surface area (Å²) in [6.07, 6.45) is 1.65. The number of rotatable bonds is 4. The predicted molar refractivity (Wildman–Crippen MR) is 71.8 cm³/mol. The SMILES string of the molecule is COC1CCCN(S(=O)(=O)c2cc(CCl)oc2C)C1. The van der Waals surface area contributed by atoms with Crippen LogP contribution in [0.5, 0.6) is 0 Å². The Bertz CT molecular complexity index is 540. The standard InChI is InChI=1S/C12H18ClNO4S/c1-9-12(6-11(7-13)18-9)19(15,16)14-5-3-4-10(8-14)17-2/h6,10H,3-5,7-8H2,1-2H3. The topological polar surface area (TPSA) is 59.8 Å². The highest BCUT2D eigenvalue weighted by Crippen LogP contribution is 2.27. The lowest BCUT2D eigenvalue weighted by Crippen LogP contribution is -2.42. The van der Waals surface area contributed by atoms with Crippen LogP contribution in [0.15, 0.2) is 15.4 Å². The third-order valence-electron chi connectivity index (χ3n) is 3.35. The normalized spacial score (nSPS) is 21.7. The van der Waals surface area contributed by atoms with Gasteiger partial charge in [-0.1, -0.05) is 0 Å². The molecule has 1 aliphatic heterocycles. The third-order valence-corrected chi connectivity index (χ3v) is 5.58. The Kier molecular flexibility index (Phi) is 4.55. The van der Waals surface area contributed by atoms with Crippen molar-refractivity contribution in [3.63, 3.8) is 0 Å². The van der Waals surface area contributed by atoms with E-state index in [4.69, 9.17) is 20.8 Å². The molecule has 5 nitrogen and oxygen atoms in total. The number of nitrogens with zero attached hydrogens (tertiary/aromatic N) is 1. The molecular formula is C12H18ClNO4S. The minimum absolute atomic E-state index is 0.0387. The molecule has 1 saturated heterocycles. The number of hydrogen-bond acceptors (Lipinski definition) is 4. The van der Waals surface area contributed by atoms with Crippen molar-refractivity contribution < 1.29 is 17.6 Å². The molecule has 1 atom stereocenters. The second-order valence-corrected chi connectivity index (χ2v) is 6.80. The zero-order chi connectivity index (χ0) is 14.0. The van der Waals surface area contributed by atoms with E-state index in [9.17, 15) is 8.42 Å². The molecule has 0 saturated carbocycles. The van der Waals surface area contributed by atoms with E-state index in [1.807, 2.05) is 0 Å². The number of sulfonamides is 1. The smallest absolute Gasteiger partial charge is 0.246 e. The lowest BCUT2D eigenvalue weighted by Gasteiger charge is -2.30. The van der Waals surface area contributed by atoms with E-state index < -0.39 is 10.0 Å². The van der Waals surface area contributed by atoms with Crippen LogP contribution in [0.4, 0.5) is 0 Å². The Morgan fingerprint density at radius 2 is 2.32 bits per heavy atom. The summed E-state index contributed by atoms with van der Waals surface area (Å²) in [5.41, 5.74) is 0. The van der Waals surface area contributed by atoms with Gasteiger partial charge < -0.3 is 9.15 Å². The van der Waals surface area contributed by atoms with Gasteiger partial charge in [0, 0.05) is 26.3 Å². The Balaban J connectivity index is 2.28. The number of halogens is 1. The summed E-state index contributed by atoms with van der Waals surface area (Å²) in [4.78, 5) is 0.208. The van der Waals surface area contributed by atoms with Gasteiger partial charge in [0.1, 0.15) is 16.4 Å². The monoisotopic (exact) mass is 307 g/mol. The molecule has 0 radical (unpaired) electrons. The van der Waals surface area contributed by atoms with Crippen molar-refractivity contribution in [3.8, 4) is 0 Å². The first-order valence-electron chi connectivity index (χ1n) is 6.17. The van der Waals surface area contributed by atoms with Crippen LogP contribution < -0.4 is 0 Å². The zero-order valence-corrected chi connectivity index (χ0v) is 12.6. The molecule has 0 spiro atoms. The molecular weight excluding hydrogens is 290 g/mol. The molecule has 0 aliphatic carbocycles. The zero-order valence-electron chi connectivity index (χ0n) is 11.1. The van der Waals surface area contributed by atoms with Gasteiger partial charge in [-0.3, -0.25) is 0 Å². The fourth-order valence-electron chi connectivity index (χ4n) is 2.30. The Morgan fingerprint density at radius 1 is 1.58 bits per heavy atom. The minimum Gasteiger partial charge on any atom is -0.464 e. The number of aryl methyl sites for hydroxylation is 1. The molecule has 0 aromatic carbocycles. The number of hydrogen-bond donors (Lipinski definition) is 0. The molecule has 2 rings (SSSR count). The van der Waals surface area contributed by atoms with Gasteiger partial charge >= 0.3 is 0 Å². The van der Waals surface area contributed by atoms with Crippen LogP contribution in [-0.4, -0.2) is 39.0 Å². The maximum Gasteiger partial charge on any atom is 0.246 e. The van der Waals surface area contributed by atoms with Crippen molar-refractivity contribution in [1.29, 1.82) is 0 Å². The minimum atomic E-state index is -3.52. The average Bonchev–Trinajstić information content (AvgIpc) is 2.81. The highest BCUT2D eigenvalue weighted by molar-refractivity contribution is 7.89. The molecule has 108 valence electrons. The lowest BCUT2D eigenvalue weighted by atomic mass is 10.1. The van der Waals surface area contributed by atoms with Gasteiger partial charge in [-0.15, -0.1) is 11.6 Å². The number of methoxy groups -OCH3 is 1. The molecule has 1 aromatic heterocycles. The third kappa shape index (κ3) is 2.97. The molecule has 19 heavy (non-hydrogen) atoms. The summed E-state index contributed by atoms with van der Waals surface area (Å²) in [6, 6.07) is 1.51. The van der Waals surface area contributed by atoms with Gasteiger partial charge in [0.2, 0.25) is 10.0 Å². The van der Waals surface area contributed by atoms with Crippen LogP contribution in [-0.2, 0) is 20.6 Å². The van der Waals surface area contributed by atoms with Crippen LogP contribution in [0, 0.1) is 6.92 Å². The van der Waals surface area contributed by atoms with Gasteiger partial charge in [0.25, 0.3) is 0 Å². The number of alkyl halides is 1. The first-order valence-corrected chi connectivity index (χ1v) is 8.14. The highest BCUT2D eigenvalue weighted by Gasteiger charge is 2.32. The molecule has 1 fully saturated rings. The van der Waals surface area contributed by atoms with Crippen molar-refractivity contribution in [2.75, 3.05) is 20.2 Å². The lowest BCUT2D eigenvalue weighted by molar-refractivity contribution is 0.0571. The summed E-state index contributed by atoms with van der Waals surface area (Å²) < 4.78 is 37.2. The second kappa shape index (κ2) is 5.83. The quantitative estimate of drug-likeness (QED) is 0.800. The summed E-state index contributed by atoms with van der Waals surface area (Å²) in [6.45, 7) is 2.55. The average molecular weight is 308 g/mol. The molecule has 1 aromatic rings. The largest absolute Gasteiger partial charge is 0.464 e. The van der Waals surface area contributed by atoms with Gasteiger partial charge in [0.15, 0.2) is 0 Å². The Morgan fingerprint density at radius 3 is 2.89 bits per heavy atom. The fourth-order valence-corrected chi connectivity index (χ4v) is 4.13. The van der Waals surface area contributed by atoms with Crippen LogP contribution in [0.25, 0.3) is 0 Å². The van der Waals surface area contributed by atoms with Crippen LogP contribution in [0.1, 0.15) is 24.4 Å². The van der Waals surface area contributed by atoms with E-state index in [2.05, 4.69) is 0 Å². The number of ether oxygens (including phenoxy) is 1. The van der Waals surface area contributed by atoms with Crippen LogP contribution in [0.2, 0.25) is 0 Å². The fraction of sp³-hybridized carbons (Fsp3) is 0.667. The Hall–Kier alpha value is -0.560. The van der Waals surface area contributed by atoms with Crippen molar-refractivity contribution in [2.24, 2.45) is 0 Å². The summed E-state index contributed by atoms with van der Waals surface area (Å²) >= 11 is 5.67. The van der Waals surface area contributed by atoms with Crippen LogP contribution >= 0.6 is 11.6 Å². The van der Waals surface area contributed by atoms with E-state index in [0.29, 0.717) is 24.6 Å². The summed E-state index contributed by atoms with van der Waals surface area (Å²) in [5.74, 6) is 1.02. The van der Waals surface area contributed by atoms with Gasteiger partial charge in [-0.05, 0) is 19.8 Å². The maximum absolute atomic E-state index is 12.6. The summed E-state index contributed by atoms with van der Waals surface area (Å²) in [7, 11) is -1.92. The van der Waals surface area contributed by atoms with Crippen molar-refractivity contribution >= 4 is 21.6 Å². The molecule has 0 bridgehead atoms. The van der Waals surface area contributed by atoms with Crippen molar-refractivity contribution in [2.45, 2.75) is 36.6 Å². The van der Waals surface area contributed by atoms with E-state index in [1.54, 1.807) is 14.0 Å². The maximum atomic E-state index is 12.6. The molecule has 0 amide bonds. The summed E-state index contributed by atoms with van der Waals surface area (Å²) in [5, 5.41) is 0.